The van der Waals surface area contributed by atoms with Crippen molar-refractivity contribution in [3.8, 4) is 5.75 Å². The first-order chi connectivity index (χ1) is 9.15. The Morgan fingerprint density at radius 3 is 2.53 bits per heavy atom. The average Bonchev–Trinajstić information content (AvgIpc) is 2.75. The number of hydrogen-bond acceptors (Lipinski definition) is 3. The summed E-state index contributed by atoms with van der Waals surface area (Å²) < 4.78 is 5.27. The van der Waals surface area contributed by atoms with Crippen molar-refractivity contribution in [1.82, 2.24) is 0 Å². The first-order valence-electron chi connectivity index (χ1n) is 7.01. The molecule has 2 unspecified atom stereocenters. The molecule has 2 saturated heterocycles. The van der Waals surface area contributed by atoms with Gasteiger partial charge >= 0.3 is 0 Å². The van der Waals surface area contributed by atoms with Crippen molar-refractivity contribution in [1.29, 1.82) is 0 Å². The van der Waals surface area contributed by atoms with Crippen molar-refractivity contribution in [2.45, 2.75) is 43.1 Å². The van der Waals surface area contributed by atoms with Crippen molar-refractivity contribution >= 4 is 17.5 Å². The molecule has 0 aromatic heterocycles. The van der Waals surface area contributed by atoms with E-state index in [4.69, 9.17) is 4.74 Å². The highest BCUT2D eigenvalue weighted by molar-refractivity contribution is 8.00. The summed E-state index contributed by atoms with van der Waals surface area (Å²) in [4.78, 5) is 12.7. The highest BCUT2D eigenvalue weighted by atomic mass is 32.2. The number of ether oxygens (including phenoxy) is 1. The van der Waals surface area contributed by atoms with E-state index in [9.17, 15) is 4.79 Å². The van der Waals surface area contributed by atoms with Crippen molar-refractivity contribution < 1.29 is 9.53 Å². The van der Waals surface area contributed by atoms with E-state index in [-0.39, 0.29) is 5.92 Å². The SMILES string of the molecule is COc1cc(C)cc(C(=O)C2CC3CCC(C2)S3)c1. The first kappa shape index (κ1) is 13.0. The molecule has 0 amide bonds. The lowest BCUT2D eigenvalue weighted by Crippen LogP contribution is -2.24. The van der Waals surface area contributed by atoms with Gasteiger partial charge in [0.2, 0.25) is 0 Å². The average molecular weight is 276 g/mol. The largest absolute Gasteiger partial charge is 0.497 e. The zero-order chi connectivity index (χ0) is 13.4. The number of thioether (sulfide) groups is 1. The first-order valence-corrected chi connectivity index (χ1v) is 7.95. The Bertz CT molecular complexity index is 486. The maximum atomic E-state index is 12.7. The summed E-state index contributed by atoms with van der Waals surface area (Å²) in [5.74, 6) is 1.33. The molecule has 1 aromatic rings. The molecule has 2 fully saturated rings. The van der Waals surface area contributed by atoms with Crippen LogP contribution in [0.3, 0.4) is 0 Å². The van der Waals surface area contributed by atoms with Gasteiger partial charge in [-0.3, -0.25) is 4.79 Å². The van der Waals surface area contributed by atoms with Crippen LogP contribution in [-0.4, -0.2) is 23.4 Å². The third-order valence-electron chi connectivity index (χ3n) is 4.23. The Balaban J connectivity index is 1.81. The summed E-state index contributed by atoms with van der Waals surface area (Å²) in [6, 6.07) is 5.85. The number of carbonyl (C=O) groups is 1. The van der Waals surface area contributed by atoms with E-state index < -0.39 is 0 Å². The fraction of sp³-hybridized carbons (Fsp3) is 0.562. The lowest BCUT2D eigenvalue weighted by molar-refractivity contribution is 0.0906. The van der Waals surface area contributed by atoms with Crippen LogP contribution in [0, 0.1) is 12.8 Å². The molecule has 3 heteroatoms. The molecule has 2 nitrogen and oxygen atoms in total. The van der Waals surface area contributed by atoms with Gasteiger partial charge in [0.1, 0.15) is 5.75 Å². The number of carbonyl (C=O) groups excluding carboxylic acids is 1. The molecule has 2 bridgehead atoms. The minimum atomic E-state index is 0.227. The molecule has 102 valence electrons. The molecular formula is C16H20O2S. The quantitative estimate of drug-likeness (QED) is 0.784. The number of fused-ring (bicyclic) bond motifs is 2. The van der Waals surface area contributed by atoms with Gasteiger partial charge in [0.15, 0.2) is 5.78 Å². The van der Waals surface area contributed by atoms with Crippen LogP contribution in [0.1, 0.15) is 41.6 Å². The van der Waals surface area contributed by atoms with E-state index in [1.807, 2.05) is 25.1 Å². The van der Waals surface area contributed by atoms with Gasteiger partial charge in [-0.2, -0.15) is 11.8 Å². The Morgan fingerprint density at radius 1 is 1.21 bits per heavy atom. The second-order valence-corrected chi connectivity index (χ2v) is 7.33. The Labute approximate surface area is 118 Å². The molecule has 0 aliphatic carbocycles. The van der Waals surface area contributed by atoms with Crippen molar-refractivity contribution in [2.75, 3.05) is 7.11 Å². The fourth-order valence-electron chi connectivity index (χ4n) is 3.32. The van der Waals surface area contributed by atoms with Gasteiger partial charge in [0.05, 0.1) is 7.11 Å². The number of ketones is 1. The summed E-state index contributed by atoms with van der Waals surface area (Å²) >= 11 is 2.10. The molecule has 0 spiro atoms. The molecule has 2 aliphatic heterocycles. The van der Waals surface area contributed by atoms with Crippen molar-refractivity contribution in [2.24, 2.45) is 5.92 Å². The highest BCUT2D eigenvalue weighted by Crippen LogP contribution is 2.46. The molecule has 1 aromatic carbocycles. The Kier molecular flexibility index (Phi) is 3.57. The summed E-state index contributed by atoms with van der Waals surface area (Å²) in [5, 5.41) is 1.44. The molecule has 19 heavy (non-hydrogen) atoms. The second kappa shape index (κ2) is 5.20. The highest BCUT2D eigenvalue weighted by Gasteiger charge is 2.37. The second-order valence-electron chi connectivity index (χ2n) is 5.73. The zero-order valence-electron chi connectivity index (χ0n) is 11.5. The van der Waals surface area contributed by atoms with Gasteiger partial charge in [0, 0.05) is 22.0 Å². The maximum Gasteiger partial charge on any atom is 0.166 e. The van der Waals surface area contributed by atoms with Gasteiger partial charge in [-0.1, -0.05) is 0 Å². The number of methoxy groups -OCH3 is 1. The summed E-state index contributed by atoms with van der Waals surface area (Å²) in [6.45, 7) is 2.01. The summed E-state index contributed by atoms with van der Waals surface area (Å²) in [5.41, 5.74) is 1.92. The molecule has 0 N–H and O–H groups in total. The predicted molar refractivity (Wildman–Crippen MR) is 79.2 cm³/mol. The topological polar surface area (TPSA) is 26.3 Å². The Morgan fingerprint density at radius 2 is 1.89 bits per heavy atom. The van der Waals surface area contributed by atoms with Crippen LogP contribution in [0.2, 0.25) is 0 Å². The van der Waals surface area contributed by atoms with Crippen LogP contribution in [0.5, 0.6) is 5.75 Å². The monoisotopic (exact) mass is 276 g/mol. The molecule has 2 heterocycles. The number of hydrogen-bond donors (Lipinski definition) is 0. The fourth-order valence-corrected chi connectivity index (χ4v) is 5.09. The third-order valence-corrected chi connectivity index (χ3v) is 5.86. The standard InChI is InChI=1S/C16H20O2S/c1-10-5-11(7-13(6-10)18-2)16(17)12-8-14-3-4-15(9-12)19-14/h5-7,12,14-15H,3-4,8-9H2,1-2H3. The van der Waals surface area contributed by atoms with Crippen LogP contribution >= 0.6 is 11.8 Å². The normalized spacial score (nSPS) is 29.3. The lowest BCUT2D eigenvalue weighted by Gasteiger charge is -2.26. The van der Waals surface area contributed by atoms with E-state index in [0.717, 1.165) is 40.2 Å². The third kappa shape index (κ3) is 2.66. The minimum absolute atomic E-state index is 0.227. The van der Waals surface area contributed by atoms with Gasteiger partial charge in [0.25, 0.3) is 0 Å². The smallest absolute Gasteiger partial charge is 0.166 e. The van der Waals surface area contributed by atoms with Gasteiger partial charge in [-0.05, 0) is 56.4 Å². The lowest BCUT2D eigenvalue weighted by atomic mass is 9.90. The van der Waals surface area contributed by atoms with Crippen LogP contribution in [0.4, 0.5) is 0 Å². The minimum Gasteiger partial charge on any atom is -0.497 e. The van der Waals surface area contributed by atoms with Gasteiger partial charge in [-0.15, -0.1) is 0 Å². The number of benzene rings is 1. The van der Waals surface area contributed by atoms with E-state index >= 15 is 0 Å². The van der Waals surface area contributed by atoms with Crippen molar-refractivity contribution in [3.63, 3.8) is 0 Å². The molecule has 2 aliphatic rings. The summed E-state index contributed by atoms with van der Waals surface area (Å²) in [7, 11) is 1.65. The van der Waals surface area contributed by atoms with E-state index in [2.05, 4.69) is 11.8 Å². The molecule has 2 atom stereocenters. The Hall–Kier alpha value is -0.960. The molecular weight excluding hydrogens is 256 g/mol. The zero-order valence-corrected chi connectivity index (χ0v) is 12.3. The number of aryl methyl sites for hydroxylation is 1. The number of rotatable bonds is 3. The molecule has 0 radical (unpaired) electrons. The van der Waals surface area contributed by atoms with Crippen LogP contribution in [-0.2, 0) is 0 Å². The van der Waals surface area contributed by atoms with Crippen LogP contribution in [0.25, 0.3) is 0 Å². The van der Waals surface area contributed by atoms with Crippen LogP contribution < -0.4 is 4.74 Å². The molecule has 3 rings (SSSR count). The van der Waals surface area contributed by atoms with Crippen LogP contribution in [0.15, 0.2) is 18.2 Å². The maximum absolute atomic E-state index is 12.7. The van der Waals surface area contributed by atoms with E-state index in [0.29, 0.717) is 5.78 Å². The van der Waals surface area contributed by atoms with E-state index in [1.54, 1.807) is 7.11 Å². The van der Waals surface area contributed by atoms with Crippen molar-refractivity contribution in [3.05, 3.63) is 29.3 Å². The molecule has 0 saturated carbocycles. The van der Waals surface area contributed by atoms with E-state index in [1.165, 1.54) is 12.8 Å². The van der Waals surface area contributed by atoms with Gasteiger partial charge in [-0.25, -0.2) is 0 Å². The number of Topliss-reactive ketones (excluding diaryl/α,β-unsaturated/α-hetero) is 1. The van der Waals surface area contributed by atoms with Gasteiger partial charge < -0.3 is 4.74 Å². The predicted octanol–water partition coefficient (Wildman–Crippen LogP) is 3.86. The summed E-state index contributed by atoms with van der Waals surface area (Å²) in [6.07, 6.45) is 4.74.